The van der Waals surface area contributed by atoms with Gasteiger partial charge >= 0.3 is 0 Å². The summed E-state index contributed by atoms with van der Waals surface area (Å²) in [6.07, 6.45) is 0.152. The molecule has 2 rings (SSSR count). The van der Waals surface area contributed by atoms with Crippen molar-refractivity contribution in [1.82, 2.24) is 5.32 Å². The van der Waals surface area contributed by atoms with Crippen LogP contribution in [0.2, 0.25) is 0 Å². The normalized spacial score (nSPS) is 19.4. The van der Waals surface area contributed by atoms with Crippen molar-refractivity contribution < 1.29 is 14.2 Å². The van der Waals surface area contributed by atoms with Crippen LogP contribution in [0.4, 0.5) is 0 Å². The molecular weight excluding hydrogens is 378 g/mol. The molecule has 1 aliphatic rings. The Kier molecular flexibility index (Phi) is 6.09. The van der Waals surface area contributed by atoms with Gasteiger partial charge < -0.3 is 19.5 Å². The second-order valence-electron chi connectivity index (χ2n) is 4.29. The summed E-state index contributed by atoms with van der Waals surface area (Å²) in [5.74, 6) is 0.813. The van der Waals surface area contributed by atoms with Gasteiger partial charge in [-0.05, 0) is 49.6 Å². The molecule has 0 amide bonds. The molecule has 1 aliphatic heterocycles. The van der Waals surface area contributed by atoms with E-state index in [2.05, 4.69) is 49.3 Å². The van der Waals surface area contributed by atoms with Crippen molar-refractivity contribution in [3.8, 4) is 5.75 Å². The molecule has 1 N–H and O–H groups in total. The van der Waals surface area contributed by atoms with Crippen LogP contribution >= 0.6 is 31.9 Å². The van der Waals surface area contributed by atoms with Crippen molar-refractivity contribution in [2.24, 2.45) is 0 Å². The summed E-state index contributed by atoms with van der Waals surface area (Å²) < 4.78 is 18.1. The predicted octanol–water partition coefficient (Wildman–Crippen LogP) is 2.73. The number of methoxy groups -OCH3 is 1. The van der Waals surface area contributed by atoms with Crippen molar-refractivity contribution in [3.05, 3.63) is 26.6 Å². The standard InChI is InChI=1S/C13H17Br2NO3/c1-17-13-11(14)4-9(5-12(13)15)6-16-7-10-8-18-2-3-19-10/h4-5,10,16H,2-3,6-8H2,1H3. The Morgan fingerprint density at radius 2 is 2.05 bits per heavy atom. The molecule has 6 heteroatoms. The first-order chi connectivity index (χ1) is 9.20. The summed E-state index contributed by atoms with van der Waals surface area (Å²) in [5, 5.41) is 3.38. The fourth-order valence-corrected chi connectivity index (χ4v) is 3.55. The van der Waals surface area contributed by atoms with Crippen molar-refractivity contribution >= 4 is 31.9 Å². The Hall–Kier alpha value is -0.140. The second kappa shape index (κ2) is 7.59. The van der Waals surface area contributed by atoms with Gasteiger partial charge in [-0.3, -0.25) is 0 Å². The summed E-state index contributed by atoms with van der Waals surface area (Å²) in [6.45, 7) is 3.63. The van der Waals surface area contributed by atoms with E-state index in [0.717, 1.165) is 27.8 Å². The number of rotatable bonds is 5. The second-order valence-corrected chi connectivity index (χ2v) is 6.00. The van der Waals surface area contributed by atoms with E-state index in [9.17, 15) is 0 Å². The van der Waals surface area contributed by atoms with Crippen molar-refractivity contribution in [1.29, 1.82) is 0 Å². The van der Waals surface area contributed by atoms with Gasteiger partial charge in [-0.15, -0.1) is 0 Å². The number of nitrogens with one attached hydrogen (secondary N) is 1. The fraction of sp³-hybridized carbons (Fsp3) is 0.538. The van der Waals surface area contributed by atoms with E-state index >= 15 is 0 Å². The van der Waals surface area contributed by atoms with E-state index in [4.69, 9.17) is 14.2 Å². The lowest BCUT2D eigenvalue weighted by molar-refractivity contribution is -0.0864. The maximum absolute atomic E-state index is 5.57. The van der Waals surface area contributed by atoms with Gasteiger partial charge in [0.25, 0.3) is 0 Å². The molecule has 0 bridgehead atoms. The summed E-state index contributed by atoms with van der Waals surface area (Å²) in [6, 6.07) is 4.10. The minimum Gasteiger partial charge on any atom is -0.494 e. The van der Waals surface area contributed by atoms with Crippen LogP contribution in [-0.4, -0.2) is 39.6 Å². The van der Waals surface area contributed by atoms with Gasteiger partial charge in [-0.25, -0.2) is 0 Å². The quantitative estimate of drug-likeness (QED) is 0.833. The van der Waals surface area contributed by atoms with Gasteiger partial charge in [-0.1, -0.05) is 0 Å². The molecule has 1 fully saturated rings. The maximum atomic E-state index is 5.57. The Morgan fingerprint density at radius 3 is 2.63 bits per heavy atom. The highest BCUT2D eigenvalue weighted by Gasteiger charge is 2.14. The maximum Gasteiger partial charge on any atom is 0.147 e. The van der Waals surface area contributed by atoms with E-state index in [0.29, 0.717) is 19.8 Å². The van der Waals surface area contributed by atoms with Gasteiger partial charge in [0.05, 0.1) is 42.0 Å². The topological polar surface area (TPSA) is 39.7 Å². The third-order valence-corrected chi connectivity index (χ3v) is 4.03. The number of ether oxygens (including phenoxy) is 3. The number of hydrogen-bond donors (Lipinski definition) is 1. The SMILES string of the molecule is COc1c(Br)cc(CNCC2COCCO2)cc1Br. The van der Waals surface area contributed by atoms with Gasteiger partial charge in [-0.2, -0.15) is 0 Å². The number of halogens is 2. The average molecular weight is 395 g/mol. The molecule has 1 aromatic rings. The molecule has 0 radical (unpaired) electrons. The minimum atomic E-state index is 0.152. The van der Waals surface area contributed by atoms with Crippen LogP contribution in [0, 0.1) is 0 Å². The van der Waals surface area contributed by atoms with Crippen LogP contribution in [0.1, 0.15) is 5.56 Å². The number of hydrogen-bond acceptors (Lipinski definition) is 4. The van der Waals surface area contributed by atoms with Crippen LogP contribution in [0.15, 0.2) is 21.1 Å². The van der Waals surface area contributed by atoms with E-state index in [1.807, 2.05) is 0 Å². The molecule has 0 spiro atoms. The van der Waals surface area contributed by atoms with Crippen LogP contribution in [0.5, 0.6) is 5.75 Å². The van der Waals surface area contributed by atoms with E-state index in [1.54, 1.807) is 7.11 Å². The predicted molar refractivity (Wildman–Crippen MR) is 80.7 cm³/mol. The molecule has 4 nitrogen and oxygen atoms in total. The Bertz CT molecular complexity index is 399. The van der Waals surface area contributed by atoms with E-state index in [-0.39, 0.29) is 6.10 Å². The summed E-state index contributed by atoms with van der Waals surface area (Å²) in [4.78, 5) is 0. The smallest absolute Gasteiger partial charge is 0.147 e. The highest BCUT2D eigenvalue weighted by Crippen LogP contribution is 2.34. The lowest BCUT2D eigenvalue weighted by Crippen LogP contribution is -2.37. The highest BCUT2D eigenvalue weighted by molar-refractivity contribution is 9.11. The molecule has 1 atom stereocenters. The first kappa shape index (κ1) is 15.3. The third-order valence-electron chi connectivity index (χ3n) is 2.85. The van der Waals surface area contributed by atoms with Crippen molar-refractivity contribution in [2.75, 3.05) is 33.5 Å². The van der Waals surface area contributed by atoms with E-state index < -0.39 is 0 Å². The van der Waals surface area contributed by atoms with Crippen LogP contribution < -0.4 is 10.1 Å². The van der Waals surface area contributed by atoms with Crippen LogP contribution in [-0.2, 0) is 16.0 Å². The lowest BCUT2D eigenvalue weighted by Gasteiger charge is -2.23. The Balaban J connectivity index is 1.85. The van der Waals surface area contributed by atoms with Gasteiger partial charge in [0.1, 0.15) is 5.75 Å². The molecule has 1 heterocycles. The zero-order valence-corrected chi connectivity index (χ0v) is 13.9. The van der Waals surface area contributed by atoms with Crippen LogP contribution in [0.25, 0.3) is 0 Å². The summed E-state index contributed by atoms with van der Waals surface area (Å²) >= 11 is 7.00. The van der Waals surface area contributed by atoms with Crippen molar-refractivity contribution in [3.63, 3.8) is 0 Å². The molecule has 19 heavy (non-hydrogen) atoms. The third kappa shape index (κ3) is 4.43. The Morgan fingerprint density at radius 1 is 1.32 bits per heavy atom. The largest absolute Gasteiger partial charge is 0.494 e. The highest BCUT2D eigenvalue weighted by atomic mass is 79.9. The molecular formula is C13H17Br2NO3. The monoisotopic (exact) mass is 393 g/mol. The molecule has 106 valence electrons. The zero-order valence-electron chi connectivity index (χ0n) is 10.7. The zero-order chi connectivity index (χ0) is 13.7. The molecule has 1 aromatic carbocycles. The lowest BCUT2D eigenvalue weighted by atomic mass is 10.2. The van der Waals surface area contributed by atoms with E-state index in [1.165, 1.54) is 5.56 Å². The van der Waals surface area contributed by atoms with Crippen molar-refractivity contribution in [2.45, 2.75) is 12.6 Å². The fourth-order valence-electron chi connectivity index (χ4n) is 1.94. The van der Waals surface area contributed by atoms with Crippen LogP contribution in [0.3, 0.4) is 0 Å². The molecule has 0 saturated carbocycles. The number of benzene rings is 1. The molecule has 0 aliphatic carbocycles. The molecule has 0 aromatic heterocycles. The summed E-state index contributed by atoms with van der Waals surface area (Å²) in [7, 11) is 1.66. The first-order valence-corrected chi connectivity index (χ1v) is 7.71. The van der Waals surface area contributed by atoms with Gasteiger partial charge in [0.15, 0.2) is 0 Å². The molecule has 1 unspecified atom stereocenters. The molecule has 1 saturated heterocycles. The average Bonchev–Trinajstić information content (AvgIpc) is 2.40. The summed E-state index contributed by atoms with van der Waals surface area (Å²) in [5.41, 5.74) is 1.18. The van der Waals surface area contributed by atoms with Gasteiger partial charge in [0.2, 0.25) is 0 Å². The van der Waals surface area contributed by atoms with Gasteiger partial charge in [0, 0.05) is 13.1 Å². The Labute approximate surface area is 130 Å². The minimum absolute atomic E-state index is 0.152. The first-order valence-electron chi connectivity index (χ1n) is 6.12.